The normalized spacial score (nSPS) is 16.2. The highest BCUT2D eigenvalue weighted by Crippen LogP contribution is 2.34. The second-order valence-electron chi connectivity index (χ2n) is 7.18. The van der Waals surface area contributed by atoms with E-state index in [1.165, 1.54) is 31.0 Å². The number of thioether (sulfide) groups is 1. The predicted molar refractivity (Wildman–Crippen MR) is 118 cm³/mol. The maximum Gasteiger partial charge on any atom is 0.228 e. The van der Waals surface area contributed by atoms with Crippen molar-refractivity contribution < 1.29 is 22.7 Å². The number of carbonyl (C=O) groups is 2. The van der Waals surface area contributed by atoms with Crippen LogP contribution in [0, 0.1) is 12.8 Å². The molecule has 0 aliphatic carbocycles. The summed E-state index contributed by atoms with van der Waals surface area (Å²) in [6.07, 6.45) is -0.200. The van der Waals surface area contributed by atoms with Gasteiger partial charge in [-0.2, -0.15) is 0 Å². The fraction of sp³-hybridized carbons (Fsp3) is 0.333. The Kier molecular flexibility index (Phi) is 6.72. The summed E-state index contributed by atoms with van der Waals surface area (Å²) in [6.45, 7) is 3.71. The van der Waals surface area contributed by atoms with Gasteiger partial charge in [0.15, 0.2) is 9.84 Å². The van der Waals surface area contributed by atoms with Crippen LogP contribution in [-0.4, -0.2) is 38.8 Å². The molecule has 0 aromatic heterocycles. The van der Waals surface area contributed by atoms with Crippen LogP contribution in [0.5, 0.6) is 5.75 Å². The highest BCUT2D eigenvalue weighted by atomic mass is 32.2. The van der Waals surface area contributed by atoms with Gasteiger partial charge in [-0.15, -0.1) is 11.8 Å². The average molecular weight is 449 g/mol. The maximum absolute atomic E-state index is 12.8. The lowest BCUT2D eigenvalue weighted by atomic mass is 10.2. The van der Waals surface area contributed by atoms with E-state index in [0.717, 1.165) is 10.5 Å². The number of hydrogen-bond acceptors (Lipinski definition) is 6. The van der Waals surface area contributed by atoms with Crippen LogP contribution in [-0.2, 0) is 19.4 Å². The van der Waals surface area contributed by atoms with Crippen molar-refractivity contribution in [1.82, 2.24) is 0 Å². The van der Waals surface area contributed by atoms with E-state index < -0.39 is 15.7 Å². The van der Waals surface area contributed by atoms with Crippen LogP contribution < -0.4 is 15.4 Å². The molecule has 0 bridgehead atoms. The third-order valence-corrected chi connectivity index (χ3v) is 7.78. The SMILES string of the molecule is COc1ccc(C)cc1NC(=O)CCS(=O)(=O)c1ccc2c(c1)NC(=O)C(C)CS2. The average Bonchev–Trinajstić information content (AvgIpc) is 2.84. The summed E-state index contributed by atoms with van der Waals surface area (Å²) < 4.78 is 30.7. The predicted octanol–water partition coefficient (Wildman–Crippen LogP) is 3.49. The van der Waals surface area contributed by atoms with Crippen molar-refractivity contribution >= 4 is 44.8 Å². The van der Waals surface area contributed by atoms with Crippen LogP contribution in [0.3, 0.4) is 0 Å². The number of nitrogens with one attached hydrogen (secondary N) is 2. The van der Waals surface area contributed by atoms with E-state index >= 15 is 0 Å². The fourth-order valence-corrected chi connectivity index (χ4v) is 5.22. The number of rotatable bonds is 6. The number of sulfone groups is 1. The minimum absolute atomic E-state index is 0.0811. The molecule has 0 fully saturated rings. The van der Waals surface area contributed by atoms with Gasteiger partial charge in [0.25, 0.3) is 0 Å². The Balaban J connectivity index is 1.70. The third-order valence-electron chi connectivity index (χ3n) is 4.73. The van der Waals surface area contributed by atoms with Crippen molar-refractivity contribution in [2.24, 2.45) is 5.92 Å². The Morgan fingerprint density at radius 3 is 2.77 bits per heavy atom. The number of carbonyl (C=O) groups excluding carboxylic acids is 2. The number of aryl methyl sites for hydroxylation is 1. The summed E-state index contributed by atoms with van der Waals surface area (Å²) in [5, 5.41) is 5.49. The van der Waals surface area contributed by atoms with E-state index in [9.17, 15) is 18.0 Å². The fourth-order valence-electron chi connectivity index (χ4n) is 2.95. The second kappa shape index (κ2) is 9.09. The lowest BCUT2D eigenvalue weighted by Gasteiger charge is -2.12. The molecule has 2 aromatic rings. The van der Waals surface area contributed by atoms with Crippen molar-refractivity contribution in [3.63, 3.8) is 0 Å². The molecule has 1 aliphatic heterocycles. The quantitative estimate of drug-likeness (QED) is 0.702. The molecule has 0 saturated carbocycles. The summed E-state index contributed by atoms with van der Waals surface area (Å²) in [4.78, 5) is 25.3. The molecule has 2 amide bonds. The lowest BCUT2D eigenvalue weighted by molar-refractivity contribution is -0.118. The summed E-state index contributed by atoms with van der Waals surface area (Å²) in [6, 6.07) is 10.0. The summed E-state index contributed by atoms with van der Waals surface area (Å²) >= 11 is 1.51. The minimum Gasteiger partial charge on any atom is -0.495 e. The zero-order chi connectivity index (χ0) is 21.9. The molecule has 0 saturated heterocycles. The minimum atomic E-state index is -3.70. The van der Waals surface area contributed by atoms with Gasteiger partial charge in [0.1, 0.15) is 5.75 Å². The highest BCUT2D eigenvalue weighted by Gasteiger charge is 2.23. The second-order valence-corrected chi connectivity index (χ2v) is 10.4. The largest absolute Gasteiger partial charge is 0.495 e. The van der Waals surface area contributed by atoms with Crippen molar-refractivity contribution in [3.05, 3.63) is 42.0 Å². The molecule has 1 aliphatic rings. The van der Waals surface area contributed by atoms with Gasteiger partial charge in [-0.1, -0.05) is 13.0 Å². The zero-order valence-corrected chi connectivity index (χ0v) is 18.7. The number of benzene rings is 2. The highest BCUT2D eigenvalue weighted by molar-refractivity contribution is 7.99. The van der Waals surface area contributed by atoms with E-state index in [-0.39, 0.29) is 28.9 Å². The molecule has 7 nitrogen and oxygen atoms in total. The number of ether oxygens (including phenoxy) is 1. The monoisotopic (exact) mass is 448 g/mol. The van der Waals surface area contributed by atoms with E-state index in [1.807, 2.05) is 19.9 Å². The third kappa shape index (κ3) is 5.14. The van der Waals surface area contributed by atoms with Gasteiger partial charge in [-0.25, -0.2) is 8.42 Å². The van der Waals surface area contributed by atoms with Crippen LogP contribution in [0.2, 0.25) is 0 Å². The molecule has 1 unspecified atom stereocenters. The molecule has 1 atom stereocenters. The van der Waals surface area contributed by atoms with Crippen LogP contribution in [0.1, 0.15) is 18.9 Å². The van der Waals surface area contributed by atoms with Crippen molar-refractivity contribution in [1.29, 1.82) is 0 Å². The van der Waals surface area contributed by atoms with Crippen LogP contribution in [0.4, 0.5) is 11.4 Å². The van der Waals surface area contributed by atoms with E-state index in [0.29, 0.717) is 22.9 Å². The summed E-state index contributed by atoms with van der Waals surface area (Å²) in [5.74, 6) is 0.0727. The molecule has 30 heavy (non-hydrogen) atoms. The number of hydrogen-bond donors (Lipinski definition) is 2. The number of methoxy groups -OCH3 is 1. The lowest BCUT2D eigenvalue weighted by Crippen LogP contribution is -2.20. The molecule has 2 N–H and O–H groups in total. The van der Waals surface area contributed by atoms with Gasteiger partial charge >= 0.3 is 0 Å². The molecule has 0 spiro atoms. The molecular formula is C21H24N2O5S2. The first-order valence-electron chi connectivity index (χ1n) is 9.44. The topological polar surface area (TPSA) is 102 Å². The molecule has 2 aromatic carbocycles. The molecule has 0 radical (unpaired) electrons. The smallest absolute Gasteiger partial charge is 0.228 e. The van der Waals surface area contributed by atoms with E-state index in [2.05, 4.69) is 10.6 Å². The number of anilines is 2. The van der Waals surface area contributed by atoms with Crippen molar-refractivity contribution in [2.75, 3.05) is 29.2 Å². The Bertz CT molecular complexity index is 1080. The Hall–Kier alpha value is -2.52. The summed E-state index contributed by atoms with van der Waals surface area (Å²) in [5.41, 5.74) is 1.93. The first-order valence-corrected chi connectivity index (χ1v) is 12.1. The van der Waals surface area contributed by atoms with Crippen LogP contribution in [0.15, 0.2) is 46.2 Å². The maximum atomic E-state index is 12.8. The van der Waals surface area contributed by atoms with E-state index in [1.54, 1.807) is 18.2 Å². The van der Waals surface area contributed by atoms with Crippen molar-refractivity contribution in [3.8, 4) is 5.75 Å². The molecule has 3 rings (SSSR count). The Labute approximate surface area is 180 Å². The molecule has 9 heteroatoms. The van der Waals surface area contributed by atoms with Gasteiger partial charge in [0.05, 0.1) is 29.1 Å². The van der Waals surface area contributed by atoms with E-state index in [4.69, 9.17) is 4.74 Å². The van der Waals surface area contributed by atoms with Gasteiger partial charge in [0.2, 0.25) is 11.8 Å². The Morgan fingerprint density at radius 1 is 1.27 bits per heavy atom. The standard InChI is InChI=1S/C21H24N2O5S2/c1-13-4-6-18(28-3)16(10-13)22-20(24)8-9-30(26,27)15-5-7-19-17(11-15)23-21(25)14(2)12-29-19/h4-7,10-11,14H,8-9,12H2,1-3H3,(H,22,24)(H,23,25). The number of amides is 2. The molecule has 160 valence electrons. The Morgan fingerprint density at radius 2 is 2.03 bits per heavy atom. The molecule has 1 heterocycles. The van der Waals surface area contributed by atoms with Crippen LogP contribution >= 0.6 is 11.8 Å². The van der Waals surface area contributed by atoms with Gasteiger partial charge < -0.3 is 15.4 Å². The first kappa shape index (κ1) is 22.2. The van der Waals surface area contributed by atoms with Crippen molar-refractivity contribution in [2.45, 2.75) is 30.1 Å². The van der Waals surface area contributed by atoms with Crippen LogP contribution in [0.25, 0.3) is 0 Å². The molecular weight excluding hydrogens is 424 g/mol. The summed E-state index contributed by atoms with van der Waals surface area (Å²) in [7, 11) is -2.20. The number of fused-ring (bicyclic) bond motifs is 1. The van der Waals surface area contributed by atoms with Gasteiger partial charge in [0, 0.05) is 23.0 Å². The first-order chi connectivity index (χ1) is 14.2. The zero-order valence-electron chi connectivity index (χ0n) is 17.0. The van der Waals surface area contributed by atoms with Gasteiger partial charge in [-0.3, -0.25) is 9.59 Å². The van der Waals surface area contributed by atoms with Gasteiger partial charge in [-0.05, 0) is 42.8 Å².